The summed E-state index contributed by atoms with van der Waals surface area (Å²) in [6.45, 7) is 0. The zero-order valence-corrected chi connectivity index (χ0v) is 79.3. The topological polar surface area (TPSA) is 178 Å². The second-order valence-corrected chi connectivity index (χ2v) is 49.2. The molecule has 23 aromatic rings. The van der Waals surface area contributed by atoms with Crippen molar-refractivity contribution >= 4 is 201 Å². The number of ether oxygens (including phenoxy) is 10. The van der Waals surface area contributed by atoms with E-state index < -0.39 is 35.7 Å². The summed E-state index contributed by atoms with van der Waals surface area (Å²) in [6.07, 6.45) is 0. The monoisotopic (exact) mass is 1930 g/mol. The third-order valence-corrected chi connectivity index (χ3v) is 44.2. The summed E-state index contributed by atoms with van der Waals surface area (Å²) < 4.78 is 138. The van der Waals surface area contributed by atoms with E-state index in [4.69, 9.17) is 47.4 Å². The highest BCUT2D eigenvalue weighted by Gasteiger charge is 2.54. The van der Waals surface area contributed by atoms with Crippen molar-refractivity contribution in [2.75, 3.05) is 0 Å². The van der Waals surface area contributed by atoms with Gasteiger partial charge in [-0.3, -0.25) is 0 Å². The van der Waals surface area contributed by atoms with Crippen molar-refractivity contribution in [3.63, 3.8) is 0 Å². The van der Waals surface area contributed by atoms with E-state index >= 15 is 13.7 Å². The Hall–Kier alpha value is -16.7. The predicted molar refractivity (Wildman–Crippen MR) is 570 cm³/mol. The second-order valence-electron chi connectivity index (χ2n) is 36.1. The zero-order chi connectivity index (χ0) is 94.2. The van der Waals surface area contributed by atoms with Gasteiger partial charge in [0, 0.05) is 32.3 Å². The summed E-state index contributed by atoms with van der Waals surface area (Å²) in [5.74, 6) is 12.9. The van der Waals surface area contributed by atoms with E-state index in [1.807, 2.05) is 425 Å². The van der Waals surface area contributed by atoms with Crippen molar-refractivity contribution < 1.29 is 70.2 Å². The standard InChI is InChI=1S/3C26H15O3P.2C22H13O3P/c27-30-22-12-6-5-11-20(22)28-25-19-10-4-2-8-17(19)15-21(26(25)30)29-24-18-9-3-1-7-16(18)13-14-23(24)30;27-30-22-12-6-5-11-20(22)28-21-15-17-8-2-4-10-19(17)25(26(21)30)29-24-18-9-3-1-7-16(18)13-14-23(24)30;27-30-24-15-18-8-2-1-7-17(18)14-23(24)29-21-11-5-10-20(26(21)30)28-22-13-12-16-6-3-4-9-19(16)25(22)30;23-26-19-11-5-3-9-16(19)24-18-13-14-7-1-2-8-15(14)21(22(18)26)25-17-10-4-6-12-20(17)26;23-26-19-11-4-3-8-16(19)24-17-9-5-10-18(22(17)26)25-21-15-7-2-1-6-14(15)12-13-20(21)26/h3*1-15H;2*1-13H. The van der Waals surface area contributed by atoms with Gasteiger partial charge in [-0.05, 0) is 193 Å². The highest BCUT2D eigenvalue weighted by Crippen LogP contribution is 2.67. The van der Waals surface area contributed by atoms with E-state index in [9.17, 15) is 9.13 Å². The normalized spacial score (nSPS) is 18.4. The van der Waals surface area contributed by atoms with E-state index in [1.54, 1.807) is 0 Å². The van der Waals surface area contributed by atoms with Crippen LogP contribution in [0, 0.1) is 0 Å². The van der Waals surface area contributed by atoms with E-state index in [0.29, 0.717) is 142 Å². The quantitative estimate of drug-likeness (QED) is 0.131. The van der Waals surface area contributed by atoms with Crippen LogP contribution in [-0.2, 0) is 22.8 Å². The first kappa shape index (κ1) is 82.4. The lowest BCUT2D eigenvalue weighted by molar-refractivity contribution is 0.462. The fourth-order valence-corrected chi connectivity index (χ4v) is 37.7. The van der Waals surface area contributed by atoms with Gasteiger partial charge in [0.1, 0.15) is 142 Å². The van der Waals surface area contributed by atoms with E-state index in [0.717, 1.165) is 139 Å². The number of hydrogen-bond acceptors (Lipinski definition) is 15. The van der Waals surface area contributed by atoms with Crippen molar-refractivity contribution in [2.24, 2.45) is 0 Å². The van der Waals surface area contributed by atoms with Crippen LogP contribution in [0.2, 0.25) is 0 Å². The molecule has 0 aliphatic carbocycles. The molecule has 0 amide bonds. The number of fused-ring (bicyclic) bond motifs is 35. The van der Waals surface area contributed by atoms with Crippen LogP contribution in [0.1, 0.15) is 0 Å². The highest BCUT2D eigenvalue weighted by atomic mass is 31.2. The average molecular weight is 1930 g/mol. The summed E-state index contributed by atoms with van der Waals surface area (Å²) in [5, 5.41) is 26.8. The van der Waals surface area contributed by atoms with Gasteiger partial charge >= 0.3 is 0 Å². The lowest BCUT2D eigenvalue weighted by Gasteiger charge is -2.35. The van der Waals surface area contributed by atoms with Crippen LogP contribution in [0.5, 0.6) is 115 Å². The van der Waals surface area contributed by atoms with Crippen LogP contribution < -0.4 is 127 Å². The zero-order valence-electron chi connectivity index (χ0n) is 74.9. The molecule has 10 heterocycles. The Balaban J connectivity index is 0.0000000849. The van der Waals surface area contributed by atoms with Gasteiger partial charge in [0.05, 0.1) is 53.0 Å². The molecule has 5 unspecified atom stereocenters. The van der Waals surface area contributed by atoms with Gasteiger partial charge in [0.15, 0.2) is 35.7 Å². The van der Waals surface area contributed by atoms with Crippen molar-refractivity contribution in [3.05, 3.63) is 431 Å². The van der Waals surface area contributed by atoms with E-state index in [-0.39, 0.29) is 0 Å². The molecule has 0 saturated carbocycles. The third kappa shape index (κ3) is 11.7. The molecular weight excluding hydrogens is 1860 g/mol. The molecule has 0 aromatic heterocycles. The maximum Gasteiger partial charge on any atom is 0.186 e. The van der Waals surface area contributed by atoms with Gasteiger partial charge in [-0.25, -0.2) is 0 Å². The molecule has 0 bridgehead atoms. The summed E-state index contributed by atoms with van der Waals surface area (Å²) in [5.41, 5.74) is 0. The molecule has 674 valence electrons. The van der Waals surface area contributed by atoms with Gasteiger partial charge in [-0.2, -0.15) is 0 Å². The molecule has 23 aromatic carbocycles. The lowest BCUT2D eigenvalue weighted by Crippen LogP contribution is -2.35. The van der Waals surface area contributed by atoms with Crippen molar-refractivity contribution in [2.45, 2.75) is 0 Å². The Morgan fingerprint density at radius 1 is 0.120 bits per heavy atom. The van der Waals surface area contributed by atoms with Crippen LogP contribution in [0.3, 0.4) is 0 Å². The Bertz CT molecular complexity index is 9820. The molecule has 10 aliphatic heterocycles. The fraction of sp³-hybridized carbons (Fsp3) is 0. The summed E-state index contributed by atoms with van der Waals surface area (Å²) in [4.78, 5) is 0. The largest absolute Gasteiger partial charge is 0.456 e. The van der Waals surface area contributed by atoms with Crippen molar-refractivity contribution in [1.82, 2.24) is 0 Å². The summed E-state index contributed by atoms with van der Waals surface area (Å²) >= 11 is 0. The first-order valence-electron chi connectivity index (χ1n) is 46.6. The Kier molecular flexibility index (Phi) is 17.9. The molecule has 15 nitrogen and oxygen atoms in total. The minimum Gasteiger partial charge on any atom is -0.456 e. The Morgan fingerprint density at radius 2 is 0.352 bits per heavy atom. The van der Waals surface area contributed by atoms with Gasteiger partial charge in [-0.15, -0.1) is 0 Å². The van der Waals surface area contributed by atoms with Crippen LogP contribution in [-0.4, -0.2) is 0 Å². The molecule has 0 fully saturated rings. The number of rotatable bonds is 0. The summed E-state index contributed by atoms with van der Waals surface area (Å²) in [7, 11) is -15.7. The molecule has 0 saturated heterocycles. The van der Waals surface area contributed by atoms with Gasteiger partial charge in [0.25, 0.3) is 0 Å². The van der Waals surface area contributed by atoms with Gasteiger partial charge < -0.3 is 70.2 Å². The van der Waals surface area contributed by atoms with Gasteiger partial charge in [0.2, 0.25) is 0 Å². The SMILES string of the molecule is O=P12c3cc4ccccc4cc3Oc3cccc(c31)Oc1ccc3ccccc3c12.O=P12c3ccccc3Oc3c1c(cc1ccccc31)Oc1c2ccc2ccccc12.O=P12c3ccccc3Oc3cc4ccccc4c(c31)Oc1c2ccc2ccccc12.O=P12c3ccccc3Oc3cc4ccccc4c(c31)Oc1ccccc12.O=P12c3ccccc3Oc3cccc(c31)Oc1c2ccc2ccccc12. The van der Waals surface area contributed by atoms with Crippen LogP contribution in [0.15, 0.2) is 431 Å². The molecule has 20 heteroatoms. The first-order chi connectivity index (χ1) is 69.8. The smallest absolute Gasteiger partial charge is 0.186 e. The molecule has 33 rings (SSSR count). The highest BCUT2D eigenvalue weighted by molar-refractivity contribution is 7.88. The predicted octanol–water partition coefficient (Wildman–Crippen LogP) is 26.9. The Morgan fingerprint density at radius 3 is 0.768 bits per heavy atom. The molecule has 142 heavy (non-hydrogen) atoms. The van der Waals surface area contributed by atoms with Crippen molar-refractivity contribution in [1.29, 1.82) is 0 Å². The number of para-hydroxylation sites is 5. The second kappa shape index (κ2) is 30.9. The molecular formula is C122H71O15P5. The maximum absolute atomic E-state index is 15.2. The van der Waals surface area contributed by atoms with Crippen LogP contribution in [0.4, 0.5) is 0 Å². The molecule has 0 radical (unpaired) electrons. The average Bonchev–Trinajstić information content (AvgIpc) is 0.686. The van der Waals surface area contributed by atoms with Crippen LogP contribution >= 0.6 is 35.7 Å². The fourth-order valence-electron chi connectivity index (χ4n) is 22.2. The Labute approximate surface area is 811 Å². The molecule has 10 aliphatic rings. The lowest BCUT2D eigenvalue weighted by atomic mass is 10.1. The first-order valence-corrected chi connectivity index (χ1v) is 55.2. The third-order valence-electron chi connectivity index (χ3n) is 28.4. The maximum atomic E-state index is 15.2. The molecule has 0 N–H and O–H groups in total. The minimum atomic E-state index is -3.21. The van der Waals surface area contributed by atoms with Crippen LogP contribution in [0.25, 0.3) is 86.2 Å². The minimum absolute atomic E-state index is 0.609. The number of benzene rings is 23. The van der Waals surface area contributed by atoms with Crippen molar-refractivity contribution in [3.8, 4) is 115 Å². The molecule has 5 atom stereocenters. The number of hydrogen-bond donors (Lipinski definition) is 0. The molecule has 0 spiro atoms. The van der Waals surface area contributed by atoms with E-state index in [1.165, 1.54) is 0 Å². The van der Waals surface area contributed by atoms with Gasteiger partial charge in [-0.1, -0.05) is 291 Å². The summed E-state index contributed by atoms with van der Waals surface area (Å²) in [6, 6.07) is 140. The van der Waals surface area contributed by atoms with E-state index in [2.05, 4.69) is 6.07 Å².